The van der Waals surface area contributed by atoms with Crippen molar-refractivity contribution < 1.29 is 19.4 Å². The van der Waals surface area contributed by atoms with E-state index in [1.54, 1.807) is 0 Å². The number of piperidine rings is 1. The molecule has 2 unspecified atom stereocenters. The van der Waals surface area contributed by atoms with Crippen molar-refractivity contribution in [3.8, 4) is 0 Å². The van der Waals surface area contributed by atoms with Crippen molar-refractivity contribution in [2.24, 2.45) is 5.92 Å². The van der Waals surface area contributed by atoms with Gasteiger partial charge in [-0.1, -0.05) is 37.3 Å². The van der Waals surface area contributed by atoms with Gasteiger partial charge in [-0.05, 0) is 32.4 Å². The predicted molar refractivity (Wildman–Crippen MR) is 90.6 cm³/mol. The largest absolute Gasteiger partial charge is 0.479 e. The zero-order valence-electron chi connectivity index (χ0n) is 14.5. The molecule has 0 aliphatic carbocycles. The first-order valence-electron chi connectivity index (χ1n) is 8.33. The van der Waals surface area contributed by atoms with Crippen LogP contribution >= 0.6 is 0 Å². The molecule has 6 heteroatoms. The van der Waals surface area contributed by atoms with E-state index < -0.39 is 17.6 Å². The number of hydrogen-bond acceptors (Lipinski definition) is 4. The van der Waals surface area contributed by atoms with Crippen molar-refractivity contribution in [1.29, 1.82) is 0 Å². The maximum Gasteiger partial charge on any atom is 0.411 e. The van der Waals surface area contributed by atoms with Crippen LogP contribution < -0.4 is 5.32 Å². The van der Waals surface area contributed by atoms with Crippen LogP contribution in [0.15, 0.2) is 30.3 Å². The van der Waals surface area contributed by atoms with Crippen LogP contribution in [0.25, 0.3) is 0 Å². The summed E-state index contributed by atoms with van der Waals surface area (Å²) in [4.78, 5) is 26.3. The number of rotatable bonds is 5. The fourth-order valence-electron chi connectivity index (χ4n) is 3.41. The lowest BCUT2D eigenvalue weighted by molar-refractivity contribution is -0.158. The molecule has 0 aromatic heterocycles. The maximum absolute atomic E-state index is 12.7. The van der Waals surface area contributed by atoms with Gasteiger partial charge in [0.25, 0.3) is 0 Å². The van der Waals surface area contributed by atoms with Gasteiger partial charge < -0.3 is 15.2 Å². The Hall–Kier alpha value is -2.08. The third-order valence-corrected chi connectivity index (χ3v) is 4.67. The lowest BCUT2D eigenvalue weighted by atomic mass is 9.77. The van der Waals surface area contributed by atoms with Crippen molar-refractivity contribution in [2.45, 2.75) is 45.4 Å². The highest BCUT2D eigenvalue weighted by Crippen LogP contribution is 2.34. The summed E-state index contributed by atoms with van der Waals surface area (Å²) < 4.78 is 5.43. The predicted octanol–water partition coefficient (Wildman–Crippen LogP) is 2.49. The first-order chi connectivity index (χ1) is 11.4. The molecule has 1 aliphatic rings. The molecule has 0 radical (unpaired) electrons. The molecule has 1 aromatic rings. The van der Waals surface area contributed by atoms with Crippen LogP contribution in [0.5, 0.6) is 0 Å². The van der Waals surface area contributed by atoms with Gasteiger partial charge in [-0.25, -0.2) is 9.59 Å². The summed E-state index contributed by atoms with van der Waals surface area (Å²) in [5.74, 6) is -1.18. The van der Waals surface area contributed by atoms with Crippen LogP contribution in [0.4, 0.5) is 4.79 Å². The Kier molecular flexibility index (Phi) is 5.83. The summed E-state index contributed by atoms with van der Waals surface area (Å²) in [5.41, 5.74) is -0.370. The van der Waals surface area contributed by atoms with E-state index in [4.69, 9.17) is 4.74 Å². The molecule has 1 aliphatic heterocycles. The van der Waals surface area contributed by atoms with E-state index in [2.05, 4.69) is 5.32 Å². The minimum atomic E-state index is -1.24. The number of ether oxygens (including phenoxy) is 1. The second-order valence-electron chi connectivity index (χ2n) is 6.59. The summed E-state index contributed by atoms with van der Waals surface area (Å²) in [7, 11) is 0. The molecule has 0 spiro atoms. The summed E-state index contributed by atoms with van der Waals surface area (Å²) in [5, 5.41) is 13.1. The molecule has 0 bridgehead atoms. The Labute approximate surface area is 142 Å². The summed E-state index contributed by atoms with van der Waals surface area (Å²) in [6.45, 7) is 6.76. The highest BCUT2D eigenvalue weighted by Gasteiger charge is 2.53. The number of benzene rings is 1. The van der Waals surface area contributed by atoms with Crippen LogP contribution in [0.2, 0.25) is 0 Å². The number of carboxylic acid groups (broad SMARTS) is 1. The first kappa shape index (κ1) is 18.3. The Morgan fingerprint density at radius 3 is 2.58 bits per heavy atom. The number of carboxylic acids is 1. The molecule has 2 N–H and O–H groups in total. The van der Waals surface area contributed by atoms with E-state index in [1.807, 2.05) is 51.1 Å². The molecule has 1 amide bonds. The Morgan fingerprint density at radius 2 is 2.04 bits per heavy atom. The normalized spacial score (nSPS) is 23.8. The van der Waals surface area contributed by atoms with E-state index in [0.717, 1.165) is 5.56 Å². The number of nitrogens with one attached hydrogen (secondary N) is 1. The Balaban J connectivity index is 2.23. The van der Waals surface area contributed by atoms with Crippen molar-refractivity contribution in [3.05, 3.63) is 35.9 Å². The average Bonchev–Trinajstić information content (AvgIpc) is 2.55. The van der Waals surface area contributed by atoms with Crippen LogP contribution in [-0.4, -0.2) is 46.7 Å². The lowest BCUT2D eigenvalue weighted by Crippen LogP contribution is -2.67. The maximum atomic E-state index is 12.7. The second kappa shape index (κ2) is 7.66. The SMILES string of the molecule is CC(C)N(C(=O)OCc1ccccc1)C1(C(=O)O)CCNCC1C. The van der Waals surface area contributed by atoms with Crippen molar-refractivity contribution >= 4 is 12.1 Å². The van der Waals surface area contributed by atoms with Crippen molar-refractivity contribution in [3.63, 3.8) is 0 Å². The number of nitrogens with zero attached hydrogens (tertiary/aromatic N) is 1. The van der Waals surface area contributed by atoms with Gasteiger partial charge in [-0.3, -0.25) is 4.90 Å². The molecule has 6 nitrogen and oxygen atoms in total. The van der Waals surface area contributed by atoms with Crippen molar-refractivity contribution in [2.75, 3.05) is 13.1 Å². The van der Waals surface area contributed by atoms with E-state index in [0.29, 0.717) is 19.5 Å². The van der Waals surface area contributed by atoms with Gasteiger partial charge in [0.1, 0.15) is 12.1 Å². The van der Waals surface area contributed by atoms with Gasteiger partial charge in [0.2, 0.25) is 0 Å². The number of amides is 1. The van der Waals surface area contributed by atoms with Gasteiger partial charge in [0, 0.05) is 18.5 Å². The molecule has 1 saturated heterocycles. The van der Waals surface area contributed by atoms with E-state index in [-0.39, 0.29) is 18.6 Å². The highest BCUT2D eigenvalue weighted by molar-refractivity contribution is 5.85. The van der Waals surface area contributed by atoms with Crippen LogP contribution in [0.1, 0.15) is 32.8 Å². The van der Waals surface area contributed by atoms with Gasteiger partial charge in [-0.15, -0.1) is 0 Å². The first-order valence-corrected chi connectivity index (χ1v) is 8.33. The van der Waals surface area contributed by atoms with Crippen LogP contribution in [-0.2, 0) is 16.1 Å². The molecule has 2 atom stereocenters. The Morgan fingerprint density at radius 1 is 1.38 bits per heavy atom. The smallest absolute Gasteiger partial charge is 0.411 e. The second-order valence-corrected chi connectivity index (χ2v) is 6.59. The molecule has 2 rings (SSSR count). The van der Waals surface area contributed by atoms with Crippen LogP contribution in [0, 0.1) is 5.92 Å². The fourth-order valence-corrected chi connectivity index (χ4v) is 3.41. The average molecular weight is 334 g/mol. The topological polar surface area (TPSA) is 78.9 Å². The van der Waals surface area contributed by atoms with Crippen LogP contribution in [0.3, 0.4) is 0 Å². The minimum Gasteiger partial charge on any atom is -0.479 e. The molecule has 132 valence electrons. The van der Waals surface area contributed by atoms with Gasteiger partial charge in [0.15, 0.2) is 0 Å². The molecule has 1 aromatic carbocycles. The molecular weight excluding hydrogens is 308 g/mol. The highest BCUT2D eigenvalue weighted by atomic mass is 16.6. The van der Waals surface area contributed by atoms with E-state index >= 15 is 0 Å². The van der Waals surface area contributed by atoms with Gasteiger partial charge in [0.05, 0.1) is 0 Å². The standard InChI is InChI=1S/C18H26N2O4/c1-13(2)20(17(23)24-12-15-7-5-4-6-8-15)18(16(21)22)9-10-19-11-14(18)3/h4-8,13-14,19H,9-12H2,1-3H3,(H,21,22). The quantitative estimate of drug-likeness (QED) is 0.865. The lowest BCUT2D eigenvalue weighted by Gasteiger charge is -2.48. The number of hydrogen-bond donors (Lipinski definition) is 2. The zero-order chi connectivity index (χ0) is 17.7. The minimum absolute atomic E-state index is 0.130. The molecular formula is C18H26N2O4. The third kappa shape index (κ3) is 3.53. The molecule has 24 heavy (non-hydrogen) atoms. The number of carbonyl (C=O) groups excluding carboxylic acids is 1. The summed E-state index contributed by atoms with van der Waals surface area (Å²) in [6.07, 6.45) is -0.215. The molecule has 1 fully saturated rings. The number of carbonyl (C=O) groups is 2. The van der Waals surface area contributed by atoms with Crippen molar-refractivity contribution in [1.82, 2.24) is 10.2 Å². The summed E-state index contributed by atoms with van der Waals surface area (Å²) >= 11 is 0. The number of aliphatic carboxylic acids is 1. The summed E-state index contributed by atoms with van der Waals surface area (Å²) in [6, 6.07) is 9.10. The fraction of sp³-hybridized carbons (Fsp3) is 0.556. The Bertz CT molecular complexity index is 576. The third-order valence-electron chi connectivity index (χ3n) is 4.67. The monoisotopic (exact) mass is 334 g/mol. The van der Waals surface area contributed by atoms with Gasteiger partial charge in [-0.2, -0.15) is 0 Å². The zero-order valence-corrected chi connectivity index (χ0v) is 14.5. The van der Waals surface area contributed by atoms with E-state index in [1.165, 1.54) is 4.90 Å². The molecule has 1 heterocycles. The molecule has 0 saturated carbocycles. The van der Waals surface area contributed by atoms with E-state index in [9.17, 15) is 14.7 Å². The van der Waals surface area contributed by atoms with Gasteiger partial charge >= 0.3 is 12.1 Å².